The maximum Gasteiger partial charge on any atom is 0.236 e. The Morgan fingerprint density at radius 3 is 2.71 bits per heavy atom. The maximum absolute atomic E-state index is 12.0. The third-order valence-electron chi connectivity index (χ3n) is 3.86. The molecule has 2 aliphatic rings. The molecule has 5 nitrogen and oxygen atoms in total. The fourth-order valence-electron chi connectivity index (χ4n) is 2.78. The smallest absolute Gasteiger partial charge is 0.236 e. The lowest BCUT2D eigenvalue weighted by molar-refractivity contribution is -0.133. The maximum atomic E-state index is 12.0. The highest BCUT2D eigenvalue weighted by Gasteiger charge is 2.30. The van der Waals surface area contributed by atoms with Gasteiger partial charge in [-0.05, 0) is 26.3 Å². The molecule has 1 saturated heterocycles. The van der Waals surface area contributed by atoms with Crippen LogP contribution in [-0.2, 0) is 4.79 Å². The second kappa shape index (κ2) is 5.80. The highest BCUT2D eigenvalue weighted by Crippen LogP contribution is 2.23. The van der Waals surface area contributed by atoms with Crippen LogP contribution in [0.5, 0.6) is 0 Å². The van der Waals surface area contributed by atoms with E-state index >= 15 is 0 Å². The number of nitrogens with one attached hydrogen (secondary N) is 1. The molecule has 0 aromatic rings. The van der Waals surface area contributed by atoms with Crippen molar-refractivity contribution in [2.24, 2.45) is 0 Å². The molecular formula is C12H23N3O2. The molecular weight excluding hydrogens is 218 g/mol. The van der Waals surface area contributed by atoms with Gasteiger partial charge < -0.3 is 15.3 Å². The van der Waals surface area contributed by atoms with Gasteiger partial charge in [-0.15, -0.1) is 0 Å². The minimum Gasteiger partial charge on any atom is -0.391 e. The molecule has 0 aromatic heterocycles. The Hall–Kier alpha value is -0.650. The summed E-state index contributed by atoms with van der Waals surface area (Å²) in [7, 11) is 1.94. The zero-order chi connectivity index (χ0) is 12.3. The van der Waals surface area contributed by atoms with Gasteiger partial charge in [-0.25, -0.2) is 0 Å². The van der Waals surface area contributed by atoms with Gasteiger partial charge >= 0.3 is 0 Å². The lowest BCUT2D eigenvalue weighted by Gasteiger charge is -2.32. The van der Waals surface area contributed by atoms with Crippen molar-refractivity contribution in [2.45, 2.75) is 31.4 Å². The van der Waals surface area contributed by atoms with Crippen molar-refractivity contribution >= 4 is 5.91 Å². The fraction of sp³-hybridized carbons (Fsp3) is 0.917. The Balaban J connectivity index is 1.80. The van der Waals surface area contributed by atoms with Crippen molar-refractivity contribution in [1.82, 2.24) is 15.1 Å². The summed E-state index contributed by atoms with van der Waals surface area (Å²) in [6.07, 6.45) is 2.69. The van der Waals surface area contributed by atoms with Crippen LogP contribution in [0.2, 0.25) is 0 Å². The second-order valence-electron chi connectivity index (χ2n) is 5.11. The van der Waals surface area contributed by atoms with Crippen LogP contribution in [0.3, 0.4) is 0 Å². The van der Waals surface area contributed by atoms with Gasteiger partial charge in [0, 0.05) is 32.2 Å². The number of nitrogens with zero attached hydrogens (tertiary/aromatic N) is 2. The van der Waals surface area contributed by atoms with Gasteiger partial charge in [-0.1, -0.05) is 0 Å². The van der Waals surface area contributed by atoms with Crippen LogP contribution in [-0.4, -0.2) is 72.7 Å². The van der Waals surface area contributed by atoms with E-state index in [1.54, 1.807) is 0 Å². The van der Waals surface area contributed by atoms with Crippen LogP contribution in [0.25, 0.3) is 0 Å². The summed E-state index contributed by atoms with van der Waals surface area (Å²) in [6.45, 7) is 3.82. The summed E-state index contributed by atoms with van der Waals surface area (Å²) in [5, 5.41) is 13.0. The zero-order valence-corrected chi connectivity index (χ0v) is 10.6. The molecule has 0 radical (unpaired) electrons. The molecule has 0 spiro atoms. The molecule has 17 heavy (non-hydrogen) atoms. The number of aliphatic hydroxyl groups is 1. The van der Waals surface area contributed by atoms with Crippen molar-refractivity contribution in [3.63, 3.8) is 0 Å². The van der Waals surface area contributed by atoms with Crippen LogP contribution in [0.4, 0.5) is 0 Å². The van der Waals surface area contributed by atoms with Crippen LogP contribution >= 0.6 is 0 Å². The topological polar surface area (TPSA) is 55.8 Å². The summed E-state index contributed by atoms with van der Waals surface area (Å²) in [5.41, 5.74) is 0. The number of hydrogen-bond donors (Lipinski definition) is 2. The predicted octanol–water partition coefficient (Wildman–Crippen LogP) is -0.737. The van der Waals surface area contributed by atoms with E-state index in [0.29, 0.717) is 6.54 Å². The number of piperazine rings is 1. The summed E-state index contributed by atoms with van der Waals surface area (Å²) in [4.78, 5) is 16.0. The first-order valence-electron chi connectivity index (χ1n) is 6.55. The Morgan fingerprint density at radius 2 is 2.12 bits per heavy atom. The van der Waals surface area contributed by atoms with Crippen molar-refractivity contribution in [3.8, 4) is 0 Å². The fourth-order valence-corrected chi connectivity index (χ4v) is 2.78. The Bertz CT molecular complexity index is 266. The molecule has 2 rings (SSSR count). The van der Waals surface area contributed by atoms with Crippen molar-refractivity contribution in [3.05, 3.63) is 0 Å². The molecule has 5 heteroatoms. The van der Waals surface area contributed by atoms with Crippen LogP contribution in [0.1, 0.15) is 19.3 Å². The lowest BCUT2D eigenvalue weighted by atomic mass is 10.2. The van der Waals surface area contributed by atoms with Gasteiger partial charge in [0.05, 0.1) is 12.6 Å². The predicted molar refractivity (Wildman–Crippen MR) is 65.7 cm³/mol. The average Bonchev–Trinajstić information content (AvgIpc) is 2.76. The number of carbonyl (C=O) groups is 1. The second-order valence-corrected chi connectivity index (χ2v) is 5.11. The number of hydrogen-bond acceptors (Lipinski definition) is 4. The Labute approximate surface area is 103 Å². The van der Waals surface area contributed by atoms with E-state index in [2.05, 4.69) is 5.32 Å². The first-order chi connectivity index (χ1) is 8.18. The number of aliphatic hydroxyl groups excluding tert-OH is 1. The first-order valence-corrected chi connectivity index (χ1v) is 6.55. The van der Waals surface area contributed by atoms with Crippen LogP contribution < -0.4 is 5.32 Å². The van der Waals surface area contributed by atoms with E-state index in [9.17, 15) is 9.90 Å². The van der Waals surface area contributed by atoms with E-state index in [0.717, 1.165) is 45.4 Å². The average molecular weight is 241 g/mol. The third kappa shape index (κ3) is 3.18. The van der Waals surface area contributed by atoms with E-state index in [1.807, 2.05) is 16.8 Å². The van der Waals surface area contributed by atoms with Crippen LogP contribution in [0, 0.1) is 0 Å². The SMILES string of the molecule is CN(CC(=O)N1CCNCC1)C1CCCC1O. The molecule has 98 valence electrons. The van der Waals surface area contributed by atoms with Gasteiger partial charge in [0.2, 0.25) is 5.91 Å². The number of amides is 1. The molecule has 1 aliphatic heterocycles. The molecule has 1 saturated carbocycles. The minimum atomic E-state index is -0.254. The molecule has 1 heterocycles. The van der Waals surface area contributed by atoms with Gasteiger partial charge in [0.25, 0.3) is 0 Å². The summed E-state index contributed by atoms with van der Waals surface area (Å²) >= 11 is 0. The largest absolute Gasteiger partial charge is 0.391 e. The van der Waals surface area contributed by atoms with E-state index < -0.39 is 0 Å². The van der Waals surface area contributed by atoms with Gasteiger partial charge in [0.1, 0.15) is 0 Å². The third-order valence-corrected chi connectivity index (χ3v) is 3.86. The zero-order valence-electron chi connectivity index (χ0n) is 10.6. The Morgan fingerprint density at radius 1 is 1.41 bits per heavy atom. The van der Waals surface area contributed by atoms with Gasteiger partial charge in [0.15, 0.2) is 0 Å². The number of rotatable bonds is 3. The first kappa shape index (κ1) is 12.8. The number of carbonyl (C=O) groups excluding carboxylic acids is 1. The van der Waals surface area contributed by atoms with Gasteiger partial charge in [-0.2, -0.15) is 0 Å². The molecule has 2 atom stereocenters. The quantitative estimate of drug-likeness (QED) is 0.683. The summed E-state index contributed by atoms with van der Waals surface area (Å²) in [5.74, 6) is 0.188. The molecule has 0 aromatic carbocycles. The molecule has 1 amide bonds. The normalized spacial score (nSPS) is 29.9. The highest BCUT2D eigenvalue weighted by molar-refractivity contribution is 5.78. The van der Waals surface area contributed by atoms with E-state index in [4.69, 9.17) is 0 Å². The van der Waals surface area contributed by atoms with Crippen molar-refractivity contribution in [1.29, 1.82) is 0 Å². The minimum absolute atomic E-state index is 0.168. The molecule has 2 unspecified atom stereocenters. The molecule has 2 N–H and O–H groups in total. The Kier molecular flexibility index (Phi) is 4.36. The van der Waals surface area contributed by atoms with E-state index in [-0.39, 0.29) is 18.1 Å². The highest BCUT2D eigenvalue weighted by atomic mass is 16.3. The van der Waals surface area contributed by atoms with Crippen molar-refractivity contribution < 1.29 is 9.90 Å². The molecule has 2 fully saturated rings. The lowest BCUT2D eigenvalue weighted by Crippen LogP contribution is -2.51. The molecule has 0 bridgehead atoms. The monoisotopic (exact) mass is 241 g/mol. The number of likely N-dealkylation sites (N-methyl/N-ethyl adjacent to an activating group) is 1. The molecule has 1 aliphatic carbocycles. The van der Waals surface area contributed by atoms with Crippen LogP contribution in [0.15, 0.2) is 0 Å². The summed E-state index contributed by atoms with van der Waals surface area (Å²) < 4.78 is 0. The summed E-state index contributed by atoms with van der Waals surface area (Å²) in [6, 6.07) is 0.168. The van der Waals surface area contributed by atoms with E-state index in [1.165, 1.54) is 0 Å². The van der Waals surface area contributed by atoms with Crippen molar-refractivity contribution in [2.75, 3.05) is 39.8 Å². The standard InChI is InChI=1S/C12H23N3O2/c1-14(10-3-2-4-11(10)16)9-12(17)15-7-5-13-6-8-15/h10-11,13,16H,2-9H2,1H3. The van der Waals surface area contributed by atoms with Gasteiger partial charge in [-0.3, -0.25) is 9.69 Å².